The molecule has 0 aliphatic heterocycles. The van der Waals surface area contributed by atoms with Crippen LogP contribution in [0.15, 0.2) is 48.5 Å². The summed E-state index contributed by atoms with van der Waals surface area (Å²) in [5.74, 6) is -2.56. The Balaban J connectivity index is 2.00. The van der Waals surface area contributed by atoms with Gasteiger partial charge in [0.1, 0.15) is 24.7 Å². The first-order valence-corrected chi connectivity index (χ1v) is 18.7. The number of hydrogen-bond acceptors (Lipinski definition) is 9. The first-order valence-electron chi connectivity index (χ1n) is 18.7. The van der Waals surface area contributed by atoms with Crippen molar-refractivity contribution in [3.8, 4) is 0 Å². The van der Waals surface area contributed by atoms with Gasteiger partial charge in [0.25, 0.3) is 0 Å². The maximum absolute atomic E-state index is 13.6. The molecule has 0 bridgehead atoms. The van der Waals surface area contributed by atoms with Gasteiger partial charge in [0.2, 0.25) is 29.5 Å². The summed E-state index contributed by atoms with van der Waals surface area (Å²) in [5.41, 5.74) is 12.7. The first-order chi connectivity index (χ1) is 26.4. The molecule has 0 aliphatic rings. The zero-order valence-electron chi connectivity index (χ0n) is 33.2. The predicted molar refractivity (Wildman–Crippen MR) is 213 cm³/mol. The highest BCUT2D eigenvalue weighted by Gasteiger charge is 2.31. The molecule has 17 heteroatoms. The summed E-state index contributed by atoms with van der Waals surface area (Å²) < 4.78 is 5.33. The number of ether oxygens (including phenoxy) is 1. The first kappa shape index (κ1) is 46.4. The zero-order valence-corrected chi connectivity index (χ0v) is 33.2. The molecule has 0 saturated carbocycles. The van der Waals surface area contributed by atoms with E-state index in [-0.39, 0.29) is 37.9 Å². The average molecular weight is 782 g/mol. The molecule has 2 aromatic carbocycles. The van der Waals surface area contributed by atoms with Crippen molar-refractivity contribution in [2.45, 2.75) is 105 Å². The minimum atomic E-state index is -1.06. The van der Waals surface area contributed by atoms with Crippen LogP contribution in [0.25, 0.3) is 0 Å². The number of benzene rings is 2. The van der Waals surface area contributed by atoms with Gasteiger partial charge in [-0.1, -0.05) is 58.9 Å². The number of alkyl carbamates (subject to hydrolysis) is 1. The summed E-state index contributed by atoms with van der Waals surface area (Å²) in [6, 6.07) is 9.97. The predicted octanol–water partition coefficient (Wildman–Crippen LogP) is 2.74. The van der Waals surface area contributed by atoms with Crippen molar-refractivity contribution in [3.63, 3.8) is 0 Å². The highest BCUT2D eigenvalue weighted by Crippen LogP contribution is 2.18. The molecular formula is C39H59N9O8. The lowest BCUT2D eigenvalue weighted by Crippen LogP contribution is -2.57. The van der Waals surface area contributed by atoms with Gasteiger partial charge in [-0.05, 0) is 80.0 Å². The van der Waals surface area contributed by atoms with E-state index in [1.807, 2.05) is 20.8 Å². The monoisotopic (exact) mass is 781 g/mol. The average Bonchev–Trinajstić information content (AvgIpc) is 3.13. The third kappa shape index (κ3) is 17.6. The minimum Gasteiger partial charge on any atom is -0.445 e. The number of urea groups is 1. The maximum atomic E-state index is 13.6. The Bertz CT molecular complexity index is 1630. The van der Waals surface area contributed by atoms with Crippen molar-refractivity contribution in [3.05, 3.63) is 59.7 Å². The number of nitrogens with two attached hydrogens (primary N) is 2. The quantitative estimate of drug-likeness (QED) is 0.0842. The van der Waals surface area contributed by atoms with E-state index in [1.165, 1.54) is 6.92 Å². The Labute approximate surface area is 328 Å². The third-order valence-corrected chi connectivity index (χ3v) is 8.41. The number of primary amides is 1. The highest BCUT2D eigenvalue weighted by atomic mass is 16.5. The van der Waals surface area contributed by atoms with Crippen LogP contribution in [0.4, 0.5) is 21.0 Å². The second kappa shape index (κ2) is 23.3. The van der Waals surface area contributed by atoms with Crippen LogP contribution >= 0.6 is 0 Å². The SMILES string of the molecule is CC(=O)N[C@H](CCCCN)C(=O)NC(C(=O)N[C@H](CCCNC(N)=O)C(=O)Nc1ccc(COC(=O)NCc2ccc(NC(=O)C(C)(C)C)cc2)cc1)C(C)C. The van der Waals surface area contributed by atoms with Crippen LogP contribution in [0.3, 0.4) is 0 Å². The molecule has 0 fully saturated rings. The van der Waals surface area contributed by atoms with Crippen molar-refractivity contribution in [2.24, 2.45) is 22.8 Å². The van der Waals surface area contributed by atoms with Crippen LogP contribution in [0.1, 0.15) is 84.8 Å². The molecule has 1 unspecified atom stereocenters. The molecular weight excluding hydrogens is 722 g/mol. The number of nitrogens with one attached hydrogen (secondary N) is 7. The number of anilines is 2. The van der Waals surface area contributed by atoms with Crippen LogP contribution in [0.2, 0.25) is 0 Å². The standard InChI is InChI=1S/C39H59N9O8/c1-24(2)32(48-34(51)30(44-25(3)49)10-7-8-20-40)35(52)47-31(11-9-21-42-37(41)54)33(50)45-28-18-14-27(15-19-28)23-56-38(55)43-22-26-12-16-29(17-13-26)46-36(53)39(4,5)6/h12-19,24,30-32H,7-11,20-23,40H2,1-6H3,(H,43,55)(H,44,49)(H,45,50)(H,46,53)(H,47,52)(H,48,51)(H3,41,42,54)/t30-,31-,32?/m1/s1. The van der Waals surface area contributed by atoms with E-state index in [4.69, 9.17) is 16.2 Å². The molecule has 8 amide bonds. The second-order valence-corrected chi connectivity index (χ2v) is 14.8. The molecule has 2 aromatic rings. The number of amides is 8. The number of carbonyl (C=O) groups excluding carboxylic acids is 7. The summed E-state index contributed by atoms with van der Waals surface area (Å²) in [5, 5.41) is 18.8. The Morgan fingerprint density at radius 3 is 1.82 bits per heavy atom. The van der Waals surface area contributed by atoms with E-state index < -0.39 is 59.3 Å². The Morgan fingerprint density at radius 2 is 1.27 bits per heavy atom. The van der Waals surface area contributed by atoms with Gasteiger partial charge in [-0.3, -0.25) is 24.0 Å². The fourth-order valence-electron chi connectivity index (χ4n) is 5.16. The van der Waals surface area contributed by atoms with Gasteiger partial charge in [0, 0.05) is 36.8 Å². The molecule has 0 aromatic heterocycles. The van der Waals surface area contributed by atoms with Crippen molar-refractivity contribution in [2.75, 3.05) is 23.7 Å². The second-order valence-electron chi connectivity index (χ2n) is 14.8. The van der Waals surface area contributed by atoms with Crippen molar-refractivity contribution < 1.29 is 38.3 Å². The fourth-order valence-corrected chi connectivity index (χ4v) is 5.16. The van der Waals surface area contributed by atoms with E-state index in [2.05, 4.69) is 37.2 Å². The Kier molecular flexibility index (Phi) is 19.3. The number of rotatable bonds is 21. The van der Waals surface area contributed by atoms with Crippen LogP contribution in [0, 0.1) is 11.3 Å². The van der Waals surface area contributed by atoms with Gasteiger partial charge < -0.3 is 53.4 Å². The van der Waals surface area contributed by atoms with E-state index in [0.717, 1.165) is 5.56 Å². The fraction of sp³-hybridized carbons (Fsp3) is 0.513. The van der Waals surface area contributed by atoms with Crippen molar-refractivity contribution in [1.29, 1.82) is 0 Å². The van der Waals surface area contributed by atoms with E-state index in [1.54, 1.807) is 62.4 Å². The summed E-state index contributed by atoms with van der Waals surface area (Å²) in [7, 11) is 0. The van der Waals surface area contributed by atoms with Crippen LogP contribution in [0.5, 0.6) is 0 Å². The zero-order chi connectivity index (χ0) is 41.8. The van der Waals surface area contributed by atoms with E-state index >= 15 is 0 Å². The topological polar surface area (TPSA) is 265 Å². The Morgan fingerprint density at radius 1 is 0.696 bits per heavy atom. The van der Waals surface area contributed by atoms with Gasteiger partial charge >= 0.3 is 12.1 Å². The molecule has 0 heterocycles. The van der Waals surface area contributed by atoms with Gasteiger partial charge in [-0.25, -0.2) is 9.59 Å². The molecule has 17 nitrogen and oxygen atoms in total. The largest absolute Gasteiger partial charge is 0.445 e. The van der Waals surface area contributed by atoms with E-state index in [0.29, 0.717) is 49.2 Å². The van der Waals surface area contributed by atoms with Crippen molar-refractivity contribution in [1.82, 2.24) is 26.6 Å². The Hall–Kier alpha value is -5.71. The normalized spacial score (nSPS) is 12.6. The summed E-state index contributed by atoms with van der Waals surface area (Å²) in [4.78, 5) is 87.7. The van der Waals surface area contributed by atoms with Crippen LogP contribution in [-0.4, -0.2) is 72.9 Å². The van der Waals surface area contributed by atoms with Crippen LogP contribution < -0.4 is 48.7 Å². The summed E-state index contributed by atoms with van der Waals surface area (Å²) in [6.45, 7) is 11.0. The molecule has 0 saturated heterocycles. The lowest BCUT2D eigenvalue weighted by atomic mass is 9.95. The molecule has 0 radical (unpaired) electrons. The van der Waals surface area contributed by atoms with Crippen molar-refractivity contribution >= 4 is 53.0 Å². The maximum Gasteiger partial charge on any atom is 0.407 e. The molecule has 0 spiro atoms. The van der Waals surface area contributed by atoms with E-state index in [9.17, 15) is 33.6 Å². The smallest absolute Gasteiger partial charge is 0.407 e. The molecule has 2 rings (SSSR count). The minimum absolute atomic E-state index is 0.0402. The number of hydrogen-bond donors (Lipinski definition) is 9. The number of unbranched alkanes of at least 4 members (excludes halogenated alkanes) is 1. The molecule has 0 aliphatic carbocycles. The molecule has 3 atom stereocenters. The lowest BCUT2D eigenvalue weighted by molar-refractivity contribution is -0.133. The van der Waals surface area contributed by atoms with Gasteiger partial charge in [-0.15, -0.1) is 0 Å². The van der Waals surface area contributed by atoms with Gasteiger partial charge in [-0.2, -0.15) is 0 Å². The molecule has 11 N–H and O–H groups in total. The highest BCUT2D eigenvalue weighted by molar-refractivity contribution is 5.99. The van der Waals surface area contributed by atoms with Crippen LogP contribution in [-0.2, 0) is 41.9 Å². The van der Waals surface area contributed by atoms with Gasteiger partial charge in [0.15, 0.2) is 0 Å². The molecule has 308 valence electrons. The summed E-state index contributed by atoms with van der Waals surface area (Å²) in [6.07, 6.45) is 1.38. The van der Waals surface area contributed by atoms with Gasteiger partial charge in [0.05, 0.1) is 0 Å². The molecule has 56 heavy (non-hydrogen) atoms. The summed E-state index contributed by atoms with van der Waals surface area (Å²) >= 11 is 0. The third-order valence-electron chi connectivity index (χ3n) is 8.41. The number of carbonyl (C=O) groups is 7. The lowest BCUT2D eigenvalue weighted by Gasteiger charge is -2.27.